The third-order valence-electron chi connectivity index (χ3n) is 5.38. The van der Waals surface area contributed by atoms with E-state index in [-0.39, 0.29) is 5.60 Å². The molecule has 3 saturated heterocycles. The van der Waals surface area contributed by atoms with Crippen molar-refractivity contribution in [3.63, 3.8) is 0 Å². The molecule has 0 aromatic rings. The maximum absolute atomic E-state index is 6.14. The molecule has 0 saturated carbocycles. The molecule has 3 rings (SSSR count). The van der Waals surface area contributed by atoms with Crippen LogP contribution in [0, 0.1) is 11.8 Å². The molecule has 19 heavy (non-hydrogen) atoms. The molecule has 0 aliphatic carbocycles. The van der Waals surface area contributed by atoms with Crippen LogP contribution in [0.5, 0.6) is 0 Å². The lowest BCUT2D eigenvalue weighted by Gasteiger charge is -2.44. The minimum absolute atomic E-state index is 0.170. The fourth-order valence-corrected chi connectivity index (χ4v) is 4.08. The number of nitrogens with one attached hydrogen (secondary N) is 1. The Balaban J connectivity index is 1.50. The van der Waals surface area contributed by atoms with Gasteiger partial charge in [0.1, 0.15) is 0 Å². The van der Waals surface area contributed by atoms with Crippen LogP contribution in [0.25, 0.3) is 0 Å². The van der Waals surface area contributed by atoms with Crippen LogP contribution in [-0.4, -0.2) is 38.0 Å². The fourth-order valence-electron chi connectivity index (χ4n) is 4.08. The van der Waals surface area contributed by atoms with Gasteiger partial charge >= 0.3 is 0 Å². The quantitative estimate of drug-likeness (QED) is 0.834. The van der Waals surface area contributed by atoms with E-state index in [1.54, 1.807) is 0 Å². The zero-order chi connectivity index (χ0) is 13.1. The molecule has 0 bridgehead atoms. The molecule has 3 unspecified atom stereocenters. The Bertz CT molecular complexity index is 275. The van der Waals surface area contributed by atoms with Gasteiger partial charge in [-0.2, -0.15) is 0 Å². The van der Waals surface area contributed by atoms with Gasteiger partial charge in [0.25, 0.3) is 0 Å². The van der Waals surface area contributed by atoms with E-state index in [9.17, 15) is 0 Å². The van der Waals surface area contributed by atoms with Gasteiger partial charge in [-0.05, 0) is 63.3 Å². The summed E-state index contributed by atoms with van der Waals surface area (Å²) in [7, 11) is 0. The Kier molecular flexibility index (Phi) is 4.45. The normalized spacial score (nSPS) is 39.3. The number of ether oxygens (including phenoxy) is 2. The highest BCUT2D eigenvalue weighted by Gasteiger charge is 2.39. The largest absolute Gasteiger partial charge is 0.381 e. The lowest BCUT2D eigenvalue weighted by Crippen LogP contribution is -2.46. The second-order valence-corrected chi connectivity index (χ2v) is 7.03. The third-order valence-corrected chi connectivity index (χ3v) is 5.38. The van der Waals surface area contributed by atoms with Crippen molar-refractivity contribution in [1.82, 2.24) is 5.32 Å². The lowest BCUT2D eigenvalue weighted by molar-refractivity contribution is -0.148. The minimum Gasteiger partial charge on any atom is -0.381 e. The van der Waals surface area contributed by atoms with E-state index in [0.717, 1.165) is 50.5 Å². The molecule has 3 aliphatic heterocycles. The average molecular weight is 267 g/mol. The van der Waals surface area contributed by atoms with Crippen molar-refractivity contribution >= 4 is 0 Å². The van der Waals surface area contributed by atoms with Crippen LogP contribution >= 0.6 is 0 Å². The number of hydrogen-bond donors (Lipinski definition) is 1. The summed E-state index contributed by atoms with van der Waals surface area (Å²) in [6, 6.07) is 0.760. The summed E-state index contributed by atoms with van der Waals surface area (Å²) in [4.78, 5) is 0. The van der Waals surface area contributed by atoms with Crippen molar-refractivity contribution in [2.45, 2.75) is 63.5 Å². The standard InChI is InChI=1S/C16H29NO2/c1-13-2-3-15(17-12-13)10-14-4-7-19-16(11-14)5-8-18-9-6-16/h13-15,17H,2-12H2,1H3. The molecule has 0 aromatic carbocycles. The van der Waals surface area contributed by atoms with Crippen molar-refractivity contribution in [1.29, 1.82) is 0 Å². The molecule has 3 aliphatic rings. The van der Waals surface area contributed by atoms with Crippen molar-refractivity contribution in [2.24, 2.45) is 11.8 Å². The predicted molar refractivity (Wildman–Crippen MR) is 76.3 cm³/mol. The summed E-state index contributed by atoms with van der Waals surface area (Å²) in [5, 5.41) is 3.74. The summed E-state index contributed by atoms with van der Waals surface area (Å²) >= 11 is 0. The van der Waals surface area contributed by atoms with Crippen LogP contribution in [0.3, 0.4) is 0 Å². The zero-order valence-electron chi connectivity index (χ0n) is 12.3. The van der Waals surface area contributed by atoms with Gasteiger partial charge in [0.15, 0.2) is 0 Å². The predicted octanol–water partition coefficient (Wildman–Crippen LogP) is 2.74. The summed E-state index contributed by atoms with van der Waals surface area (Å²) in [5.74, 6) is 1.73. The van der Waals surface area contributed by atoms with Gasteiger partial charge in [-0.3, -0.25) is 0 Å². The average Bonchev–Trinajstić information content (AvgIpc) is 2.42. The van der Waals surface area contributed by atoms with Crippen molar-refractivity contribution in [3.05, 3.63) is 0 Å². The number of rotatable bonds is 2. The van der Waals surface area contributed by atoms with E-state index >= 15 is 0 Å². The topological polar surface area (TPSA) is 30.5 Å². The fraction of sp³-hybridized carbons (Fsp3) is 1.00. The first-order chi connectivity index (χ1) is 9.26. The van der Waals surface area contributed by atoms with Crippen molar-refractivity contribution in [3.8, 4) is 0 Å². The van der Waals surface area contributed by atoms with Gasteiger partial charge in [-0.25, -0.2) is 0 Å². The molecule has 3 heteroatoms. The van der Waals surface area contributed by atoms with Crippen molar-refractivity contribution < 1.29 is 9.47 Å². The molecular weight excluding hydrogens is 238 g/mol. The van der Waals surface area contributed by atoms with Crippen LogP contribution in [-0.2, 0) is 9.47 Å². The molecule has 0 aromatic heterocycles. The maximum Gasteiger partial charge on any atom is 0.0729 e. The second-order valence-electron chi connectivity index (χ2n) is 7.03. The zero-order valence-corrected chi connectivity index (χ0v) is 12.3. The molecular formula is C16H29NO2. The first-order valence-corrected chi connectivity index (χ1v) is 8.21. The highest BCUT2D eigenvalue weighted by Crippen LogP contribution is 2.39. The molecule has 3 nitrogen and oxygen atoms in total. The Morgan fingerprint density at radius 1 is 1.11 bits per heavy atom. The highest BCUT2D eigenvalue weighted by atomic mass is 16.5. The van der Waals surface area contributed by atoms with Gasteiger partial charge in [0, 0.05) is 25.9 Å². The van der Waals surface area contributed by atoms with Gasteiger partial charge in [0.05, 0.1) is 5.60 Å². The second kappa shape index (κ2) is 6.11. The molecule has 3 heterocycles. The molecule has 3 atom stereocenters. The van der Waals surface area contributed by atoms with E-state index in [1.807, 2.05) is 0 Å². The molecule has 0 radical (unpaired) electrons. The van der Waals surface area contributed by atoms with Gasteiger partial charge in [0.2, 0.25) is 0 Å². The van der Waals surface area contributed by atoms with Gasteiger partial charge in [-0.1, -0.05) is 6.92 Å². The van der Waals surface area contributed by atoms with Crippen LogP contribution in [0.2, 0.25) is 0 Å². The lowest BCUT2D eigenvalue weighted by atomic mass is 9.77. The Morgan fingerprint density at radius 3 is 2.68 bits per heavy atom. The summed E-state index contributed by atoms with van der Waals surface area (Å²) < 4.78 is 11.6. The van der Waals surface area contributed by atoms with Crippen molar-refractivity contribution in [2.75, 3.05) is 26.4 Å². The molecule has 110 valence electrons. The summed E-state index contributed by atoms with van der Waals surface area (Å²) in [6.07, 6.45) is 8.88. The molecule has 3 fully saturated rings. The first-order valence-electron chi connectivity index (χ1n) is 8.21. The van der Waals surface area contributed by atoms with E-state index in [2.05, 4.69) is 12.2 Å². The first kappa shape index (κ1) is 13.8. The smallest absolute Gasteiger partial charge is 0.0729 e. The molecule has 1 N–H and O–H groups in total. The Hall–Kier alpha value is -0.120. The molecule has 1 spiro atoms. The highest BCUT2D eigenvalue weighted by molar-refractivity contribution is 4.90. The maximum atomic E-state index is 6.14. The van der Waals surface area contributed by atoms with Crippen LogP contribution in [0.1, 0.15) is 51.9 Å². The number of piperidine rings is 1. The Labute approximate surface area is 117 Å². The SMILES string of the molecule is CC1CCC(CC2CCOC3(CCOCC3)C2)NC1. The van der Waals surface area contributed by atoms with Crippen LogP contribution in [0.15, 0.2) is 0 Å². The summed E-state index contributed by atoms with van der Waals surface area (Å²) in [5.41, 5.74) is 0.170. The van der Waals surface area contributed by atoms with E-state index < -0.39 is 0 Å². The monoisotopic (exact) mass is 267 g/mol. The van der Waals surface area contributed by atoms with E-state index in [1.165, 1.54) is 38.6 Å². The van der Waals surface area contributed by atoms with Crippen LogP contribution < -0.4 is 5.32 Å². The Morgan fingerprint density at radius 2 is 1.95 bits per heavy atom. The summed E-state index contributed by atoms with van der Waals surface area (Å²) in [6.45, 7) is 6.33. The van der Waals surface area contributed by atoms with E-state index in [4.69, 9.17) is 9.47 Å². The minimum atomic E-state index is 0.170. The van der Waals surface area contributed by atoms with Gasteiger partial charge in [-0.15, -0.1) is 0 Å². The van der Waals surface area contributed by atoms with E-state index in [0.29, 0.717) is 0 Å². The van der Waals surface area contributed by atoms with Gasteiger partial charge < -0.3 is 14.8 Å². The molecule has 0 amide bonds. The van der Waals surface area contributed by atoms with Crippen LogP contribution in [0.4, 0.5) is 0 Å². The number of hydrogen-bond acceptors (Lipinski definition) is 3. The third kappa shape index (κ3) is 3.50.